The van der Waals surface area contributed by atoms with Gasteiger partial charge in [0.05, 0.1) is 34.9 Å². The molecule has 0 bridgehead atoms. The molecular weight excluding hydrogens is 454 g/mol. The fraction of sp³-hybridized carbons (Fsp3) is 0.200. The molecule has 1 unspecified atom stereocenters. The first kappa shape index (κ1) is 24.8. The summed E-state index contributed by atoms with van der Waals surface area (Å²) in [6, 6.07) is 19.5. The lowest BCUT2D eigenvalue weighted by atomic mass is 10.1. The average molecular weight is 482 g/mol. The summed E-state index contributed by atoms with van der Waals surface area (Å²) < 4.78 is 33.9. The molecule has 1 atom stereocenters. The molecule has 0 saturated carbocycles. The minimum atomic E-state index is -4.11. The molecule has 0 aliphatic heterocycles. The van der Waals surface area contributed by atoms with Crippen LogP contribution in [0.25, 0.3) is 0 Å². The maximum absolute atomic E-state index is 13.1. The van der Waals surface area contributed by atoms with Gasteiger partial charge >= 0.3 is 0 Å². The van der Waals surface area contributed by atoms with Crippen LogP contribution in [0.3, 0.4) is 0 Å². The van der Waals surface area contributed by atoms with Gasteiger partial charge in [0.2, 0.25) is 0 Å². The minimum absolute atomic E-state index is 0.0925. The van der Waals surface area contributed by atoms with E-state index in [0.29, 0.717) is 6.54 Å². The number of methoxy groups -OCH3 is 1. The Kier molecular flexibility index (Phi) is 7.91. The molecule has 0 heterocycles. The zero-order chi connectivity index (χ0) is 24.7. The molecule has 178 valence electrons. The summed E-state index contributed by atoms with van der Waals surface area (Å²) in [5.74, 6) is -0.627. The van der Waals surface area contributed by atoms with Gasteiger partial charge in [-0.05, 0) is 49.7 Å². The SMILES string of the molecule is CCNC(=O)c1cc(S(=O)(=O)Nc2ccccc2C(=O)NC(C)c2ccccc2)ccc1OC. The van der Waals surface area contributed by atoms with Gasteiger partial charge in [-0.1, -0.05) is 42.5 Å². The van der Waals surface area contributed by atoms with Crippen molar-refractivity contribution in [3.05, 3.63) is 89.5 Å². The number of carbonyl (C=O) groups excluding carboxylic acids is 2. The smallest absolute Gasteiger partial charge is 0.261 e. The highest BCUT2D eigenvalue weighted by Gasteiger charge is 2.22. The molecule has 0 aliphatic carbocycles. The van der Waals surface area contributed by atoms with Crippen LogP contribution in [-0.2, 0) is 10.0 Å². The third kappa shape index (κ3) is 5.74. The molecule has 3 aromatic carbocycles. The van der Waals surface area contributed by atoms with Gasteiger partial charge in [0, 0.05) is 6.54 Å². The van der Waals surface area contributed by atoms with E-state index in [-0.39, 0.29) is 33.5 Å². The standard InChI is InChI=1S/C25H27N3O5S/c1-4-26-24(29)21-16-19(14-15-23(21)33-3)34(31,32)28-22-13-9-8-12-20(22)25(30)27-17(2)18-10-6-5-7-11-18/h5-17,28H,4H2,1-3H3,(H,26,29)(H,27,30). The van der Waals surface area contributed by atoms with Gasteiger partial charge in [-0.25, -0.2) is 8.42 Å². The van der Waals surface area contributed by atoms with Crippen LogP contribution in [0.5, 0.6) is 5.75 Å². The lowest BCUT2D eigenvalue weighted by molar-refractivity contribution is 0.0936. The molecule has 8 nitrogen and oxygen atoms in total. The summed E-state index contributed by atoms with van der Waals surface area (Å²) in [4.78, 5) is 25.2. The van der Waals surface area contributed by atoms with E-state index >= 15 is 0 Å². The molecule has 9 heteroatoms. The van der Waals surface area contributed by atoms with E-state index in [0.717, 1.165) is 5.56 Å². The first-order valence-electron chi connectivity index (χ1n) is 10.7. The summed E-state index contributed by atoms with van der Waals surface area (Å²) in [6.07, 6.45) is 0. The van der Waals surface area contributed by atoms with Crippen molar-refractivity contribution in [2.24, 2.45) is 0 Å². The first-order valence-corrected chi connectivity index (χ1v) is 12.2. The molecular formula is C25H27N3O5S. The van der Waals surface area contributed by atoms with Gasteiger partial charge in [-0.2, -0.15) is 0 Å². The molecule has 0 aliphatic rings. The lowest BCUT2D eigenvalue weighted by Gasteiger charge is -2.17. The predicted octanol–water partition coefficient (Wildman–Crippen LogP) is 3.74. The van der Waals surface area contributed by atoms with Crippen molar-refractivity contribution in [2.45, 2.75) is 24.8 Å². The fourth-order valence-corrected chi connectivity index (χ4v) is 4.47. The molecule has 3 N–H and O–H groups in total. The highest BCUT2D eigenvalue weighted by molar-refractivity contribution is 7.92. The molecule has 0 saturated heterocycles. The van der Waals surface area contributed by atoms with Gasteiger partial charge < -0.3 is 15.4 Å². The Balaban J connectivity index is 1.88. The number of sulfonamides is 1. The van der Waals surface area contributed by atoms with E-state index in [1.807, 2.05) is 37.3 Å². The second kappa shape index (κ2) is 10.8. The molecule has 0 fully saturated rings. The summed E-state index contributed by atoms with van der Waals surface area (Å²) in [5, 5.41) is 5.52. The van der Waals surface area contributed by atoms with E-state index < -0.39 is 21.8 Å². The number of hydrogen-bond acceptors (Lipinski definition) is 5. The van der Waals surface area contributed by atoms with Crippen molar-refractivity contribution in [1.29, 1.82) is 0 Å². The highest BCUT2D eigenvalue weighted by Crippen LogP contribution is 2.26. The fourth-order valence-electron chi connectivity index (χ4n) is 3.36. The van der Waals surface area contributed by atoms with Gasteiger partial charge in [0.15, 0.2) is 0 Å². The summed E-state index contributed by atoms with van der Waals surface area (Å²) in [6.45, 7) is 3.98. The van der Waals surface area contributed by atoms with Crippen LogP contribution in [0.2, 0.25) is 0 Å². The van der Waals surface area contributed by atoms with Crippen molar-refractivity contribution >= 4 is 27.5 Å². The average Bonchev–Trinajstić information content (AvgIpc) is 2.84. The number of para-hydroxylation sites is 1. The van der Waals surface area contributed by atoms with Crippen molar-refractivity contribution < 1.29 is 22.7 Å². The maximum atomic E-state index is 13.1. The van der Waals surface area contributed by atoms with Crippen molar-refractivity contribution in [3.63, 3.8) is 0 Å². The Morgan fingerprint density at radius 3 is 2.26 bits per heavy atom. The molecule has 0 spiro atoms. The summed E-state index contributed by atoms with van der Waals surface area (Å²) in [7, 11) is -2.71. The van der Waals surface area contributed by atoms with Crippen LogP contribution < -0.4 is 20.1 Å². The van der Waals surface area contributed by atoms with Crippen molar-refractivity contribution in [3.8, 4) is 5.75 Å². The number of amides is 2. The summed E-state index contributed by atoms with van der Waals surface area (Å²) in [5.41, 5.74) is 1.31. The second-order valence-corrected chi connectivity index (χ2v) is 9.16. The van der Waals surface area contributed by atoms with Crippen molar-refractivity contribution in [2.75, 3.05) is 18.4 Å². The largest absolute Gasteiger partial charge is 0.496 e. The third-order valence-electron chi connectivity index (χ3n) is 5.13. The van der Waals surface area contributed by atoms with E-state index in [2.05, 4.69) is 15.4 Å². The maximum Gasteiger partial charge on any atom is 0.261 e. The topological polar surface area (TPSA) is 114 Å². The number of nitrogens with one attached hydrogen (secondary N) is 3. The van der Waals surface area contributed by atoms with Crippen LogP contribution in [0.15, 0.2) is 77.7 Å². The molecule has 34 heavy (non-hydrogen) atoms. The lowest BCUT2D eigenvalue weighted by Crippen LogP contribution is -2.28. The van der Waals surface area contributed by atoms with Gasteiger partial charge in [0.1, 0.15) is 5.75 Å². The first-order chi connectivity index (χ1) is 16.3. The van der Waals surface area contributed by atoms with E-state index in [1.165, 1.54) is 31.4 Å². The molecule has 0 radical (unpaired) electrons. The zero-order valence-electron chi connectivity index (χ0n) is 19.2. The number of ether oxygens (including phenoxy) is 1. The Morgan fingerprint density at radius 1 is 0.912 bits per heavy atom. The second-order valence-electron chi connectivity index (χ2n) is 7.48. The minimum Gasteiger partial charge on any atom is -0.496 e. The van der Waals surface area contributed by atoms with Crippen molar-refractivity contribution in [1.82, 2.24) is 10.6 Å². The molecule has 3 rings (SSSR count). The normalized spacial score (nSPS) is 11.9. The van der Waals surface area contributed by atoms with Crippen LogP contribution >= 0.6 is 0 Å². The van der Waals surface area contributed by atoms with Crippen LogP contribution in [-0.4, -0.2) is 33.9 Å². The van der Waals surface area contributed by atoms with E-state index in [1.54, 1.807) is 25.1 Å². The van der Waals surface area contributed by atoms with Crippen LogP contribution in [0.1, 0.15) is 46.2 Å². The number of carbonyl (C=O) groups is 2. The number of anilines is 1. The van der Waals surface area contributed by atoms with Gasteiger partial charge in [-0.15, -0.1) is 0 Å². The monoisotopic (exact) mass is 481 g/mol. The molecule has 0 aromatic heterocycles. The number of rotatable bonds is 9. The van der Waals surface area contributed by atoms with Crippen LogP contribution in [0, 0.1) is 0 Å². The Labute approximate surface area is 199 Å². The quantitative estimate of drug-likeness (QED) is 0.431. The Bertz CT molecular complexity index is 1280. The molecule has 3 aromatic rings. The van der Waals surface area contributed by atoms with Gasteiger partial charge in [-0.3, -0.25) is 14.3 Å². The zero-order valence-corrected chi connectivity index (χ0v) is 20.0. The Hall–Kier alpha value is -3.85. The number of hydrogen-bond donors (Lipinski definition) is 3. The predicted molar refractivity (Wildman–Crippen MR) is 131 cm³/mol. The van der Waals surface area contributed by atoms with Crippen LogP contribution in [0.4, 0.5) is 5.69 Å². The van der Waals surface area contributed by atoms with E-state index in [4.69, 9.17) is 4.74 Å². The highest BCUT2D eigenvalue weighted by atomic mass is 32.2. The third-order valence-corrected chi connectivity index (χ3v) is 6.49. The molecule has 2 amide bonds. The number of benzene rings is 3. The Morgan fingerprint density at radius 2 is 1.59 bits per heavy atom. The van der Waals surface area contributed by atoms with E-state index in [9.17, 15) is 18.0 Å². The summed E-state index contributed by atoms with van der Waals surface area (Å²) >= 11 is 0. The van der Waals surface area contributed by atoms with Gasteiger partial charge in [0.25, 0.3) is 21.8 Å².